The highest BCUT2D eigenvalue weighted by atomic mass is 19.3. The standard InChI is InChI=1S/C34H41F2N7O3/c1-22-19-25(7-10-27(22)30(45)41-15-11-24(12-16-41)29(44)42-17-14-38-33(2,3)21-42)40-31-34(4)39-20-28(43(34)18-13-37-31)23-5-8-26(9-6-23)46-32(35)36/h5-10,13,18-20,24,32,38-39H,11-12,14-17,21H2,1-4H3,(H,37,40). The molecule has 0 spiro atoms. The number of aliphatic imine (C=N–C) groups is 1. The number of rotatable bonds is 6. The number of piperidine rings is 1. The van der Waals surface area contributed by atoms with Gasteiger partial charge in [0.15, 0.2) is 11.5 Å². The molecule has 1 unspecified atom stereocenters. The summed E-state index contributed by atoms with van der Waals surface area (Å²) in [6.45, 7) is 8.61. The molecule has 10 nitrogen and oxygen atoms in total. The molecule has 0 bridgehead atoms. The lowest BCUT2D eigenvalue weighted by atomic mass is 9.93. The number of alkyl halides is 2. The van der Waals surface area contributed by atoms with Crippen LogP contribution in [0.3, 0.4) is 0 Å². The Kier molecular flexibility index (Phi) is 8.49. The molecule has 0 aliphatic carbocycles. The Morgan fingerprint density at radius 3 is 2.46 bits per heavy atom. The van der Waals surface area contributed by atoms with Crippen molar-refractivity contribution in [2.75, 3.05) is 38.0 Å². The lowest BCUT2D eigenvalue weighted by Crippen LogP contribution is -2.59. The number of fused-ring (bicyclic) bond motifs is 1. The zero-order valence-electron chi connectivity index (χ0n) is 26.6. The molecule has 2 aromatic carbocycles. The Hall–Kier alpha value is -4.45. The number of piperazine rings is 1. The summed E-state index contributed by atoms with van der Waals surface area (Å²) in [4.78, 5) is 37.2. The van der Waals surface area contributed by atoms with Gasteiger partial charge in [-0.2, -0.15) is 8.78 Å². The molecule has 46 heavy (non-hydrogen) atoms. The third kappa shape index (κ3) is 6.31. The number of carbonyl (C=O) groups is 2. The number of aryl methyl sites for hydroxylation is 1. The van der Waals surface area contributed by atoms with Crippen LogP contribution in [-0.4, -0.2) is 82.9 Å². The fourth-order valence-corrected chi connectivity index (χ4v) is 6.69. The summed E-state index contributed by atoms with van der Waals surface area (Å²) in [5, 5.41) is 10.3. The van der Waals surface area contributed by atoms with Crippen LogP contribution in [0.15, 0.2) is 66.1 Å². The van der Waals surface area contributed by atoms with Crippen molar-refractivity contribution >= 4 is 29.0 Å². The zero-order chi connectivity index (χ0) is 32.6. The first-order valence-electron chi connectivity index (χ1n) is 15.7. The maximum Gasteiger partial charge on any atom is 0.387 e. The van der Waals surface area contributed by atoms with E-state index in [0.29, 0.717) is 43.9 Å². The third-order valence-corrected chi connectivity index (χ3v) is 9.22. The van der Waals surface area contributed by atoms with Gasteiger partial charge < -0.3 is 35.4 Å². The van der Waals surface area contributed by atoms with Crippen molar-refractivity contribution < 1.29 is 23.1 Å². The minimum Gasteiger partial charge on any atom is -0.435 e. The molecule has 1 atom stereocenters. The Morgan fingerprint density at radius 2 is 1.78 bits per heavy atom. The molecular weight excluding hydrogens is 592 g/mol. The molecule has 2 aromatic rings. The fourth-order valence-electron chi connectivity index (χ4n) is 6.69. The average Bonchev–Trinajstić information content (AvgIpc) is 3.38. The molecule has 3 N–H and O–H groups in total. The first-order chi connectivity index (χ1) is 21.9. The molecule has 244 valence electrons. The van der Waals surface area contributed by atoms with Gasteiger partial charge >= 0.3 is 6.61 Å². The van der Waals surface area contributed by atoms with Gasteiger partial charge in [-0.1, -0.05) is 0 Å². The van der Waals surface area contributed by atoms with E-state index in [9.17, 15) is 18.4 Å². The van der Waals surface area contributed by atoms with Gasteiger partial charge in [0.05, 0.1) is 5.70 Å². The van der Waals surface area contributed by atoms with Crippen LogP contribution in [0.4, 0.5) is 14.5 Å². The van der Waals surface area contributed by atoms with Gasteiger partial charge in [0.25, 0.3) is 5.91 Å². The molecule has 4 aliphatic rings. The Morgan fingerprint density at radius 1 is 1.04 bits per heavy atom. The number of anilines is 1. The van der Waals surface area contributed by atoms with Crippen molar-refractivity contribution in [3.8, 4) is 5.75 Å². The maximum absolute atomic E-state index is 13.5. The topological polar surface area (TPSA) is 102 Å². The van der Waals surface area contributed by atoms with Crippen molar-refractivity contribution in [1.82, 2.24) is 25.3 Å². The normalized spacial score (nSPS) is 22.6. The fraction of sp³-hybridized carbons (Fsp3) is 0.441. The van der Waals surface area contributed by atoms with Gasteiger partial charge in [0.1, 0.15) is 5.75 Å². The van der Waals surface area contributed by atoms with Crippen LogP contribution >= 0.6 is 0 Å². The van der Waals surface area contributed by atoms with Crippen LogP contribution in [0.2, 0.25) is 0 Å². The van der Waals surface area contributed by atoms with E-state index in [1.807, 2.05) is 59.1 Å². The lowest BCUT2D eigenvalue weighted by molar-refractivity contribution is -0.139. The number of hydrogen-bond acceptors (Lipinski definition) is 8. The largest absolute Gasteiger partial charge is 0.435 e. The van der Waals surface area contributed by atoms with Crippen molar-refractivity contribution in [2.24, 2.45) is 10.9 Å². The number of likely N-dealkylation sites (tertiary alicyclic amines) is 1. The number of hydrogen-bond donors (Lipinski definition) is 3. The van der Waals surface area contributed by atoms with Crippen molar-refractivity contribution in [2.45, 2.75) is 58.3 Å². The van der Waals surface area contributed by atoms with Crippen molar-refractivity contribution in [3.05, 3.63) is 77.8 Å². The number of nitrogens with zero attached hydrogens (tertiary/aromatic N) is 4. The van der Waals surface area contributed by atoms with Gasteiger partial charge in [-0.15, -0.1) is 0 Å². The Balaban J connectivity index is 1.07. The van der Waals surface area contributed by atoms with Crippen LogP contribution < -0.4 is 20.7 Å². The number of halogens is 2. The molecule has 0 aromatic heterocycles. The molecule has 4 heterocycles. The average molecular weight is 634 g/mol. The molecule has 0 saturated carbocycles. The van der Waals surface area contributed by atoms with E-state index in [1.165, 1.54) is 12.1 Å². The SMILES string of the molecule is Cc1cc(NC2=NC=CN3C(c4ccc(OC(F)F)cc4)=CNC23C)ccc1C(=O)N1CCC(C(=O)N2CCNC(C)(C)C2)CC1. The number of benzene rings is 2. The number of carbonyl (C=O) groups excluding carboxylic acids is 2. The predicted molar refractivity (Wildman–Crippen MR) is 173 cm³/mol. The van der Waals surface area contributed by atoms with Crippen LogP contribution in [-0.2, 0) is 4.79 Å². The second-order valence-electron chi connectivity index (χ2n) is 13.1. The van der Waals surface area contributed by atoms with Gasteiger partial charge in [0, 0.05) is 74.0 Å². The summed E-state index contributed by atoms with van der Waals surface area (Å²) in [7, 11) is 0. The molecule has 6 rings (SSSR count). The first-order valence-corrected chi connectivity index (χ1v) is 15.7. The van der Waals surface area contributed by atoms with E-state index in [-0.39, 0.29) is 29.0 Å². The van der Waals surface area contributed by atoms with Crippen LogP contribution in [0.1, 0.15) is 55.1 Å². The van der Waals surface area contributed by atoms with Crippen LogP contribution in [0.25, 0.3) is 5.70 Å². The van der Waals surface area contributed by atoms with E-state index in [0.717, 1.165) is 35.6 Å². The predicted octanol–water partition coefficient (Wildman–Crippen LogP) is 4.57. The number of amides is 2. The number of ether oxygens (including phenoxy) is 1. The van der Waals surface area contributed by atoms with E-state index >= 15 is 0 Å². The highest BCUT2D eigenvalue weighted by molar-refractivity contribution is 6.05. The number of amidine groups is 1. The summed E-state index contributed by atoms with van der Waals surface area (Å²) in [5.41, 5.74) is 3.12. The monoisotopic (exact) mass is 633 g/mol. The summed E-state index contributed by atoms with van der Waals surface area (Å²) < 4.78 is 29.7. The highest BCUT2D eigenvalue weighted by Crippen LogP contribution is 2.36. The summed E-state index contributed by atoms with van der Waals surface area (Å²) in [6, 6.07) is 12.2. The second-order valence-corrected chi connectivity index (χ2v) is 13.1. The first kappa shape index (κ1) is 31.5. The van der Waals surface area contributed by atoms with Gasteiger partial charge in [0.2, 0.25) is 5.91 Å². The summed E-state index contributed by atoms with van der Waals surface area (Å²) in [6.07, 6.45) is 6.76. The van der Waals surface area contributed by atoms with Gasteiger partial charge in [-0.25, -0.2) is 4.99 Å². The molecular formula is C34H41F2N7O3. The van der Waals surface area contributed by atoms with Crippen molar-refractivity contribution in [3.63, 3.8) is 0 Å². The molecule has 4 aliphatic heterocycles. The van der Waals surface area contributed by atoms with Crippen molar-refractivity contribution in [1.29, 1.82) is 0 Å². The smallest absolute Gasteiger partial charge is 0.387 e. The maximum atomic E-state index is 13.5. The molecule has 2 amide bonds. The lowest BCUT2D eigenvalue weighted by Gasteiger charge is -2.41. The quantitative estimate of drug-likeness (QED) is 0.429. The minimum absolute atomic E-state index is 0.0226. The van der Waals surface area contributed by atoms with Crippen LogP contribution in [0.5, 0.6) is 5.75 Å². The second kappa shape index (κ2) is 12.4. The molecule has 0 radical (unpaired) electrons. The minimum atomic E-state index is -2.88. The summed E-state index contributed by atoms with van der Waals surface area (Å²) >= 11 is 0. The van der Waals surface area contributed by atoms with E-state index in [1.54, 1.807) is 18.3 Å². The van der Waals surface area contributed by atoms with E-state index in [2.05, 4.69) is 39.5 Å². The van der Waals surface area contributed by atoms with Gasteiger partial charge in [-0.05, 0) is 94.1 Å². The van der Waals surface area contributed by atoms with E-state index < -0.39 is 12.3 Å². The van der Waals surface area contributed by atoms with E-state index in [4.69, 9.17) is 0 Å². The number of nitrogens with one attached hydrogen (secondary N) is 3. The van der Waals surface area contributed by atoms with Gasteiger partial charge in [-0.3, -0.25) is 9.59 Å². The third-order valence-electron chi connectivity index (χ3n) is 9.22. The molecule has 2 fully saturated rings. The highest BCUT2D eigenvalue weighted by Gasteiger charge is 2.43. The summed E-state index contributed by atoms with van der Waals surface area (Å²) in [5.74, 6) is 0.882. The molecule has 2 saturated heterocycles. The zero-order valence-corrected chi connectivity index (χ0v) is 26.6. The Bertz CT molecular complexity index is 1580. The van der Waals surface area contributed by atoms with Crippen LogP contribution in [0, 0.1) is 12.8 Å². The Labute approximate surface area is 268 Å². The molecule has 12 heteroatoms.